The number of alkyl halides is 1. The molecule has 27 heteroatoms. The molecule has 89 heavy (non-hydrogen) atoms. The van der Waals surface area contributed by atoms with Crippen molar-refractivity contribution in [3.63, 3.8) is 0 Å². The number of H-pyrrole nitrogens is 1. The van der Waals surface area contributed by atoms with E-state index in [0.29, 0.717) is 44.3 Å². The monoisotopic (exact) mass is 1260 g/mol. The van der Waals surface area contributed by atoms with Crippen molar-refractivity contribution in [1.82, 2.24) is 30.2 Å². The highest BCUT2D eigenvalue weighted by Crippen LogP contribution is 2.25. The smallest absolute Gasteiger partial charge is 0.413 e. The summed E-state index contributed by atoms with van der Waals surface area (Å²) in [4.78, 5) is 133. The van der Waals surface area contributed by atoms with Gasteiger partial charge in [0.2, 0.25) is 11.9 Å². The molecule has 2 atom stereocenters. The molecule has 2 aromatic heterocycles. The molecule has 0 saturated heterocycles. The Morgan fingerprint density at radius 2 is 0.944 bits per heavy atom. The Balaban J connectivity index is 0.000000315. The number of anilines is 2. The lowest BCUT2D eigenvalue weighted by Crippen LogP contribution is -2.46. The molecule has 0 bridgehead atoms. The summed E-state index contributed by atoms with van der Waals surface area (Å²) in [5, 5.41) is 9.80. The molecule has 6 rings (SSSR count). The molecule has 0 aliphatic rings. The number of hydrogen-bond acceptors (Lipinski definition) is 20. The number of amides is 4. The van der Waals surface area contributed by atoms with Gasteiger partial charge in [0.15, 0.2) is 24.4 Å². The van der Waals surface area contributed by atoms with E-state index in [2.05, 4.69) is 50.4 Å². The van der Waals surface area contributed by atoms with Crippen LogP contribution >= 0.6 is 11.6 Å². The second-order valence-electron chi connectivity index (χ2n) is 23.3. The number of imidazole rings is 2. The van der Waals surface area contributed by atoms with Crippen molar-refractivity contribution in [2.45, 2.75) is 150 Å². The molecule has 0 radical (unpaired) electrons. The molecule has 4 aromatic carbocycles. The van der Waals surface area contributed by atoms with Gasteiger partial charge in [-0.1, -0.05) is 72.3 Å². The van der Waals surface area contributed by atoms with E-state index < -0.39 is 82.7 Å². The lowest BCUT2D eigenvalue weighted by atomic mass is 10.0. The van der Waals surface area contributed by atoms with Crippen molar-refractivity contribution in [3.8, 4) is 0 Å². The average Bonchev–Trinajstić information content (AvgIpc) is 1.75. The molecule has 6 aromatic rings. The van der Waals surface area contributed by atoms with E-state index in [-0.39, 0.29) is 61.9 Å². The molecule has 4 amide bonds. The maximum Gasteiger partial charge on any atom is 0.413 e. The van der Waals surface area contributed by atoms with Gasteiger partial charge in [-0.15, -0.1) is 0 Å². The van der Waals surface area contributed by atoms with Crippen LogP contribution in [-0.2, 0) is 63.8 Å². The van der Waals surface area contributed by atoms with E-state index in [1.54, 1.807) is 156 Å². The molecule has 0 aliphatic heterocycles. The first kappa shape index (κ1) is 71.9. The van der Waals surface area contributed by atoms with Crippen LogP contribution in [0.15, 0.2) is 97.1 Å². The largest absolute Gasteiger partial charge is 0.458 e. The van der Waals surface area contributed by atoms with Gasteiger partial charge in [-0.3, -0.25) is 34.4 Å². The molecule has 0 fully saturated rings. The molecule has 0 spiro atoms. The van der Waals surface area contributed by atoms with E-state index in [9.17, 15) is 47.9 Å². The van der Waals surface area contributed by atoms with Gasteiger partial charge in [0.1, 0.15) is 34.5 Å². The van der Waals surface area contributed by atoms with Gasteiger partial charge in [-0.05, 0) is 132 Å². The van der Waals surface area contributed by atoms with Gasteiger partial charge in [0, 0.05) is 35.1 Å². The zero-order valence-corrected chi connectivity index (χ0v) is 53.0. The number of carbonyl (C=O) groups excluding carboxylic acids is 10. The number of ketones is 2. The Morgan fingerprint density at radius 3 is 1.39 bits per heavy atom. The standard InChI is InChI=1S/C31H38N4O9.C16H13N3O3.C15H26ClNO6/c1-30(2,3)43-26(38)21(33-29(40)44-31(4,5)6)14-16-24(36)42-18-35-23-15-13-20(25(37)19-11-9-8-10-12-19)17-22(23)32-27(35)34-28(39)41-7;1-22-16(21)19-15-17-12-8-7-11(9-13(12)18-15)14(20)10-5-3-2-4-6-10;1-14(2,3)22-12(19)10(7-8-11(18)21-9-16)17-13(20)23-15(4,5)6/h8-13,15,17,21H,14,16,18H2,1-7H3,(H,33,40)(H,32,34,39);2-9H,1H3,(H2,17,18,19,21);10H,7-9H2,1-6H3,(H,17,20)/t21-;;10-/m0.0/s1. The molecule has 0 unspecified atom stereocenters. The summed E-state index contributed by atoms with van der Waals surface area (Å²) >= 11 is 5.29. The predicted octanol–water partition coefficient (Wildman–Crippen LogP) is 10.7. The molecule has 26 nitrogen and oxygen atoms in total. The molecule has 0 aliphatic carbocycles. The van der Waals surface area contributed by atoms with Crippen LogP contribution in [-0.4, -0.2) is 134 Å². The SMILES string of the molecule is CC(C)(C)OC(=O)N[C@@H](CCC(=O)OCCl)C(=O)OC(C)(C)C.COC(=O)Nc1nc2cc(C(=O)c3ccccc3)ccc2n1COC(=O)CC[C@H](NC(=O)OC(C)(C)C)C(=O)OC(C)(C)C.COC(=O)Nc1nc2ccc(C(=O)c3ccccc3)cc2[nH]1. The fraction of sp³-hybridized carbons (Fsp3) is 0.419. The maximum absolute atomic E-state index is 12.9. The minimum absolute atomic E-state index is 0.0159. The van der Waals surface area contributed by atoms with Gasteiger partial charge in [-0.25, -0.2) is 38.7 Å². The van der Waals surface area contributed by atoms with Crippen molar-refractivity contribution in [3.05, 3.63) is 119 Å². The number of hydrogen-bond donors (Lipinski definition) is 5. The number of aromatic nitrogens is 4. The minimum atomic E-state index is -1.18. The summed E-state index contributed by atoms with van der Waals surface area (Å²) in [7, 11) is 2.46. The number of alkyl carbamates (subject to hydrolysis) is 2. The normalized spacial score (nSPS) is 11.9. The van der Waals surface area contributed by atoms with Crippen LogP contribution < -0.4 is 21.3 Å². The Hall–Kier alpha value is -9.59. The van der Waals surface area contributed by atoms with Crippen molar-refractivity contribution in [2.24, 2.45) is 0 Å². The van der Waals surface area contributed by atoms with Gasteiger partial charge in [0.25, 0.3) is 0 Å². The van der Waals surface area contributed by atoms with Crippen LogP contribution in [0, 0.1) is 0 Å². The number of methoxy groups -OCH3 is 2. The lowest BCUT2D eigenvalue weighted by Gasteiger charge is -2.26. The highest BCUT2D eigenvalue weighted by Gasteiger charge is 2.31. The molecule has 2 heterocycles. The number of aromatic amines is 1. The Labute approximate surface area is 519 Å². The Morgan fingerprint density at radius 1 is 0.506 bits per heavy atom. The van der Waals surface area contributed by atoms with Crippen LogP contribution in [0.25, 0.3) is 22.1 Å². The summed E-state index contributed by atoms with van der Waals surface area (Å²) in [6, 6.07) is 25.2. The lowest BCUT2D eigenvalue weighted by molar-refractivity contribution is -0.159. The Kier molecular flexibility index (Phi) is 26.2. The van der Waals surface area contributed by atoms with Gasteiger partial charge in [-0.2, -0.15) is 0 Å². The topological polar surface area (TPSA) is 339 Å². The van der Waals surface area contributed by atoms with E-state index >= 15 is 0 Å². The highest BCUT2D eigenvalue weighted by atomic mass is 35.5. The summed E-state index contributed by atoms with van der Waals surface area (Å²) in [6.45, 7) is 19.9. The number of nitrogens with one attached hydrogen (secondary N) is 5. The number of halogens is 1. The van der Waals surface area contributed by atoms with Crippen LogP contribution in [0.4, 0.5) is 31.1 Å². The second kappa shape index (κ2) is 32.4. The van der Waals surface area contributed by atoms with Gasteiger partial charge in [0.05, 0.1) is 36.3 Å². The third kappa shape index (κ3) is 25.3. The number of rotatable bonds is 19. The van der Waals surface area contributed by atoms with Crippen LogP contribution in [0.3, 0.4) is 0 Å². The summed E-state index contributed by atoms with van der Waals surface area (Å²) in [5.41, 5.74) is 1.11. The predicted molar refractivity (Wildman–Crippen MR) is 327 cm³/mol. The molecular formula is C62H77ClN8O18. The zero-order valence-electron chi connectivity index (χ0n) is 52.2. The number of ether oxygens (including phenoxy) is 8. The first-order valence-electron chi connectivity index (χ1n) is 27.8. The molecule has 5 N–H and O–H groups in total. The molecular weight excluding hydrogens is 1180 g/mol. The van der Waals surface area contributed by atoms with Crippen LogP contribution in [0.1, 0.15) is 141 Å². The summed E-state index contributed by atoms with van der Waals surface area (Å²) in [5.74, 6) is -2.65. The van der Waals surface area contributed by atoms with Crippen LogP contribution in [0.2, 0.25) is 0 Å². The number of benzene rings is 4. The maximum atomic E-state index is 12.9. The van der Waals surface area contributed by atoms with Crippen molar-refractivity contribution in [2.75, 3.05) is 30.9 Å². The van der Waals surface area contributed by atoms with Gasteiger partial charge < -0.3 is 53.5 Å². The van der Waals surface area contributed by atoms with Crippen molar-refractivity contribution in [1.29, 1.82) is 0 Å². The number of esters is 4. The minimum Gasteiger partial charge on any atom is -0.458 e. The van der Waals surface area contributed by atoms with E-state index in [0.717, 1.165) is 0 Å². The third-order valence-electron chi connectivity index (χ3n) is 11.2. The van der Waals surface area contributed by atoms with Crippen molar-refractivity contribution < 1.29 is 85.8 Å². The summed E-state index contributed by atoms with van der Waals surface area (Å²) in [6.07, 6.45) is -3.48. The average molecular weight is 1260 g/mol. The van der Waals surface area contributed by atoms with E-state index in [4.69, 9.17) is 35.3 Å². The fourth-order valence-corrected chi connectivity index (χ4v) is 7.64. The number of carbonyl (C=O) groups is 10. The third-order valence-corrected chi connectivity index (χ3v) is 11.3. The quantitative estimate of drug-likeness (QED) is 0.0218. The van der Waals surface area contributed by atoms with Crippen molar-refractivity contribution >= 4 is 105 Å². The fourth-order valence-electron chi connectivity index (χ4n) is 7.52. The first-order chi connectivity index (χ1) is 41.6. The molecule has 480 valence electrons. The Bertz CT molecular complexity index is 3450. The number of nitrogens with zero attached hydrogens (tertiary/aromatic N) is 3. The second-order valence-corrected chi connectivity index (χ2v) is 23.5. The van der Waals surface area contributed by atoms with Crippen LogP contribution in [0.5, 0.6) is 0 Å². The van der Waals surface area contributed by atoms with E-state index in [1.807, 2.05) is 24.3 Å². The molecule has 0 saturated carbocycles. The summed E-state index contributed by atoms with van der Waals surface area (Å²) < 4.78 is 41.6. The first-order valence-corrected chi connectivity index (χ1v) is 28.3. The number of fused-ring (bicyclic) bond motifs is 2. The van der Waals surface area contributed by atoms with E-state index in [1.165, 1.54) is 18.8 Å². The highest BCUT2D eigenvalue weighted by molar-refractivity contribution is 6.17. The van der Waals surface area contributed by atoms with Gasteiger partial charge >= 0.3 is 48.3 Å². The zero-order chi connectivity index (χ0) is 66.4.